The van der Waals surface area contributed by atoms with Crippen LogP contribution < -0.4 is 11.1 Å². The van der Waals surface area contributed by atoms with E-state index in [1.165, 1.54) is 29.8 Å². The molecule has 0 spiro atoms. The number of rotatable bonds is 11. The van der Waals surface area contributed by atoms with E-state index in [1.807, 2.05) is 6.92 Å². The summed E-state index contributed by atoms with van der Waals surface area (Å²) in [4.78, 5) is 4.19. The first-order valence-corrected chi connectivity index (χ1v) is 9.25. The fraction of sp³-hybridized carbons (Fsp3) is 0.923. The Hall–Kier alpha value is -0.0900. The van der Waals surface area contributed by atoms with Crippen molar-refractivity contribution in [2.45, 2.75) is 46.0 Å². The van der Waals surface area contributed by atoms with Gasteiger partial charge in [0.25, 0.3) is 0 Å². The highest BCUT2D eigenvalue weighted by Crippen LogP contribution is 1.99. The topological polar surface area (TPSA) is 87.8 Å². The van der Waals surface area contributed by atoms with Gasteiger partial charge in [-0.3, -0.25) is 4.99 Å². The van der Waals surface area contributed by atoms with Crippen molar-refractivity contribution in [3.8, 4) is 0 Å². The van der Waals surface area contributed by atoms with Crippen molar-refractivity contribution in [1.82, 2.24) is 9.62 Å². The molecule has 0 rings (SSSR count). The van der Waals surface area contributed by atoms with Crippen LogP contribution >= 0.6 is 24.0 Å². The van der Waals surface area contributed by atoms with Gasteiger partial charge in [0.1, 0.15) is 0 Å². The number of hydrogen-bond donors (Lipinski definition) is 2. The number of aliphatic imine (C=N–C) groups is 1. The first kappa shape index (κ1) is 23.2. The minimum Gasteiger partial charge on any atom is -0.370 e. The molecular formula is C13H31IN4O2S. The Kier molecular flexibility index (Phi) is 15.0. The summed E-state index contributed by atoms with van der Waals surface area (Å²) in [7, 11) is -3.10. The van der Waals surface area contributed by atoms with Crippen molar-refractivity contribution in [2.24, 2.45) is 10.7 Å². The molecule has 0 aliphatic heterocycles. The van der Waals surface area contributed by atoms with Crippen LogP contribution in [0.25, 0.3) is 0 Å². The van der Waals surface area contributed by atoms with E-state index in [9.17, 15) is 8.42 Å². The molecule has 6 nitrogen and oxygen atoms in total. The van der Waals surface area contributed by atoms with Gasteiger partial charge in [0, 0.05) is 26.2 Å². The Morgan fingerprint density at radius 2 is 1.86 bits per heavy atom. The molecule has 0 radical (unpaired) electrons. The van der Waals surface area contributed by atoms with Crippen LogP contribution in [0.15, 0.2) is 4.99 Å². The maximum atomic E-state index is 11.4. The van der Waals surface area contributed by atoms with Crippen LogP contribution in [0.4, 0.5) is 0 Å². The quantitative estimate of drug-likeness (QED) is 0.225. The molecule has 21 heavy (non-hydrogen) atoms. The van der Waals surface area contributed by atoms with Gasteiger partial charge in [-0.1, -0.05) is 33.1 Å². The zero-order valence-corrected chi connectivity index (χ0v) is 16.6. The van der Waals surface area contributed by atoms with Crippen LogP contribution in [0.2, 0.25) is 0 Å². The molecule has 0 aromatic carbocycles. The third kappa shape index (κ3) is 13.3. The fourth-order valence-electron chi connectivity index (χ4n) is 1.83. The second-order valence-electron chi connectivity index (χ2n) is 4.86. The van der Waals surface area contributed by atoms with Crippen molar-refractivity contribution >= 4 is 40.0 Å². The molecule has 0 aliphatic rings. The largest absolute Gasteiger partial charge is 0.370 e. The highest BCUT2D eigenvalue weighted by molar-refractivity contribution is 14.0. The van der Waals surface area contributed by atoms with Gasteiger partial charge >= 0.3 is 0 Å². The monoisotopic (exact) mass is 434 g/mol. The average molecular weight is 434 g/mol. The normalized spacial score (nSPS) is 12.3. The number of nitrogens with two attached hydrogens (primary N) is 1. The maximum absolute atomic E-state index is 11.4. The lowest BCUT2D eigenvalue weighted by molar-refractivity contribution is 0.427. The lowest BCUT2D eigenvalue weighted by Gasteiger charge is -2.16. The smallest absolute Gasteiger partial charge is 0.211 e. The lowest BCUT2D eigenvalue weighted by atomic mass is 10.2. The van der Waals surface area contributed by atoms with Gasteiger partial charge in [-0.05, 0) is 12.8 Å². The van der Waals surface area contributed by atoms with E-state index in [0.717, 1.165) is 13.0 Å². The molecule has 8 heteroatoms. The molecule has 3 N–H and O–H groups in total. The van der Waals surface area contributed by atoms with Crippen LogP contribution in [0.5, 0.6) is 0 Å². The number of guanidine groups is 1. The van der Waals surface area contributed by atoms with Crippen molar-refractivity contribution in [2.75, 3.05) is 32.4 Å². The van der Waals surface area contributed by atoms with E-state index in [0.29, 0.717) is 32.0 Å². The predicted octanol–water partition coefficient (Wildman–Crippen LogP) is 1.76. The van der Waals surface area contributed by atoms with E-state index in [2.05, 4.69) is 17.2 Å². The van der Waals surface area contributed by atoms with Gasteiger partial charge in [0.05, 0.1) is 6.26 Å². The number of nitrogens with one attached hydrogen (secondary N) is 1. The number of sulfonamides is 1. The average Bonchev–Trinajstić information content (AvgIpc) is 2.37. The van der Waals surface area contributed by atoms with E-state index >= 15 is 0 Å². The van der Waals surface area contributed by atoms with Crippen LogP contribution in [0.3, 0.4) is 0 Å². The molecule has 128 valence electrons. The molecule has 0 aliphatic carbocycles. The summed E-state index contributed by atoms with van der Waals surface area (Å²) >= 11 is 0. The van der Waals surface area contributed by atoms with Crippen LogP contribution in [0, 0.1) is 0 Å². The maximum Gasteiger partial charge on any atom is 0.211 e. The first-order valence-electron chi connectivity index (χ1n) is 7.40. The van der Waals surface area contributed by atoms with Gasteiger partial charge < -0.3 is 11.1 Å². The highest BCUT2D eigenvalue weighted by atomic mass is 127. The Labute approximate surface area is 147 Å². The third-order valence-electron chi connectivity index (χ3n) is 3.01. The van der Waals surface area contributed by atoms with E-state index < -0.39 is 10.0 Å². The molecule has 0 amide bonds. The molecule has 0 saturated carbocycles. The van der Waals surface area contributed by atoms with Gasteiger partial charge in [-0.25, -0.2) is 12.7 Å². The number of halogens is 1. The van der Waals surface area contributed by atoms with Gasteiger partial charge in [0.2, 0.25) is 10.0 Å². The number of hydrogen-bond acceptors (Lipinski definition) is 3. The standard InChI is InChI=1S/C13H30N4O2S.HI/c1-4-6-7-8-10-15-13(14)16-11-9-12-17(5-2)20(3,18)19;/h4-12H2,1-3H3,(H3,14,15,16);1H. The summed E-state index contributed by atoms with van der Waals surface area (Å²) in [5, 5.41) is 3.07. The van der Waals surface area contributed by atoms with Gasteiger partial charge in [0.15, 0.2) is 5.96 Å². The highest BCUT2D eigenvalue weighted by Gasteiger charge is 2.12. The molecule has 0 saturated heterocycles. The molecule has 0 fully saturated rings. The third-order valence-corrected chi connectivity index (χ3v) is 4.38. The molecule has 0 aromatic rings. The van der Waals surface area contributed by atoms with Crippen LogP contribution in [-0.4, -0.2) is 51.1 Å². The molecular weight excluding hydrogens is 403 g/mol. The molecule has 0 aromatic heterocycles. The Morgan fingerprint density at radius 1 is 1.19 bits per heavy atom. The van der Waals surface area contributed by atoms with Crippen molar-refractivity contribution < 1.29 is 8.42 Å². The van der Waals surface area contributed by atoms with Crippen molar-refractivity contribution in [1.29, 1.82) is 0 Å². The Balaban J connectivity index is 0. The number of unbranched alkanes of at least 4 members (excludes halogenated alkanes) is 3. The summed E-state index contributed by atoms with van der Waals surface area (Å²) < 4.78 is 24.2. The van der Waals surface area contributed by atoms with Crippen LogP contribution in [0.1, 0.15) is 46.0 Å². The van der Waals surface area contributed by atoms with E-state index in [4.69, 9.17) is 5.73 Å². The SMILES string of the molecule is CCCCCCNC(N)=NCCCN(CC)S(C)(=O)=O.I. The number of nitrogens with zero attached hydrogens (tertiary/aromatic N) is 2. The summed E-state index contributed by atoms with van der Waals surface area (Å²) in [5.41, 5.74) is 5.73. The Bertz CT molecular complexity index is 374. The van der Waals surface area contributed by atoms with Crippen molar-refractivity contribution in [3.05, 3.63) is 0 Å². The molecule has 0 atom stereocenters. The van der Waals surface area contributed by atoms with Gasteiger partial charge in [-0.2, -0.15) is 0 Å². The van der Waals surface area contributed by atoms with Crippen LogP contribution in [-0.2, 0) is 10.0 Å². The van der Waals surface area contributed by atoms with E-state index in [-0.39, 0.29) is 24.0 Å². The minimum atomic E-state index is -3.10. The fourth-order valence-corrected chi connectivity index (χ4v) is 2.76. The summed E-state index contributed by atoms with van der Waals surface area (Å²) in [6, 6.07) is 0. The van der Waals surface area contributed by atoms with Crippen molar-refractivity contribution in [3.63, 3.8) is 0 Å². The zero-order valence-electron chi connectivity index (χ0n) is 13.5. The first-order chi connectivity index (χ1) is 9.41. The molecule has 0 unspecified atom stereocenters. The second kappa shape index (κ2) is 13.6. The minimum absolute atomic E-state index is 0. The van der Waals surface area contributed by atoms with E-state index in [1.54, 1.807) is 0 Å². The molecule has 0 heterocycles. The lowest BCUT2D eigenvalue weighted by Crippen LogP contribution is -2.33. The summed E-state index contributed by atoms with van der Waals surface area (Å²) in [6.45, 7) is 6.38. The zero-order chi connectivity index (χ0) is 15.4. The Morgan fingerprint density at radius 3 is 2.38 bits per heavy atom. The second-order valence-corrected chi connectivity index (χ2v) is 6.85. The summed E-state index contributed by atoms with van der Waals surface area (Å²) in [6.07, 6.45) is 6.68. The molecule has 0 bridgehead atoms. The van der Waals surface area contributed by atoms with Gasteiger partial charge in [-0.15, -0.1) is 24.0 Å². The predicted molar refractivity (Wildman–Crippen MR) is 101 cm³/mol. The summed E-state index contributed by atoms with van der Waals surface area (Å²) in [5.74, 6) is 0.448.